The maximum absolute atomic E-state index is 8.56. The monoisotopic (exact) mass is 235 g/mol. The normalized spacial score (nSPS) is 8.25. The van der Waals surface area contributed by atoms with Crippen molar-refractivity contribution in [1.82, 2.24) is 9.38 Å². The molecule has 2 aromatic heterocycles. The van der Waals surface area contributed by atoms with E-state index in [0.717, 1.165) is 5.65 Å². The largest absolute Gasteiger partial charge is 0.358 e. The molecule has 2 heterocycles. The van der Waals surface area contributed by atoms with Gasteiger partial charge in [0.05, 0.1) is 5.56 Å². The van der Waals surface area contributed by atoms with Gasteiger partial charge in [0.1, 0.15) is 11.7 Å². The quantitative estimate of drug-likeness (QED) is 0.692. The van der Waals surface area contributed by atoms with Crippen LogP contribution in [0.2, 0.25) is 0 Å². The Labute approximate surface area is 96.3 Å². The number of nitriles is 1. The minimum Gasteiger partial charge on any atom is -0.358 e. The first-order chi connectivity index (χ1) is 4.92. The van der Waals surface area contributed by atoms with Crippen LogP contribution in [0.4, 0.5) is 0 Å². The van der Waals surface area contributed by atoms with Gasteiger partial charge in [-0.3, -0.25) is 0 Å². The van der Waals surface area contributed by atoms with Gasteiger partial charge in [-0.2, -0.15) is 5.26 Å². The Morgan fingerprint density at radius 3 is 2.83 bits per heavy atom. The molecular weight excluding hydrogens is 227 g/mol. The van der Waals surface area contributed by atoms with Crippen LogP contribution in [0.1, 0.15) is 5.56 Å². The summed E-state index contributed by atoms with van der Waals surface area (Å²) in [6.07, 6.45) is 5.52. The summed E-state index contributed by atoms with van der Waals surface area (Å²) in [6, 6.07) is 3.87. The van der Waals surface area contributed by atoms with E-state index in [4.69, 9.17) is 5.26 Å². The van der Waals surface area contributed by atoms with E-state index >= 15 is 0 Å². The summed E-state index contributed by atoms with van der Waals surface area (Å²) in [6.45, 7) is 0. The average Bonchev–Trinajstić information content (AvgIpc) is 2.44. The van der Waals surface area contributed by atoms with Crippen molar-refractivity contribution in [2.24, 2.45) is 0 Å². The minimum absolute atomic E-state index is 0. The predicted octanol–water partition coefficient (Wildman–Crippen LogP) is 1.59. The van der Waals surface area contributed by atoms with Crippen LogP contribution in [0.3, 0.4) is 0 Å². The number of H-pyrrole nitrogens is 1. The van der Waals surface area contributed by atoms with E-state index in [0.29, 0.717) is 5.56 Å². The number of rotatable bonds is 0. The molecule has 3 nitrogen and oxygen atoms in total. The SMILES string of the molecule is N#Cc1ccn2cc[nH]c12.[CH3-].[Y]. The number of hydrogen-bond donors (Lipinski definition) is 1. The predicted molar refractivity (Wildman–Crippen MR) is 42.9 cm³/mol. The molecule has 59 valence electrons. The van der Waals surface area contributed by atoms with Crippen molar-refractivity contribution in [3.05, 3.63) is 37.6 Å². The Morgan fingerprint density at radius 1 is 1.42 bits per heavy atom. The summed E-state index contributed by atoms with van der Waals surface area (Å²) < 4.78 is 1.87. The minimum atomic E-state index is 0. The van der Waals surface area contributed by atoms with Crippen molar-refractivity contribution in [3.63, 3.8) is 0 Å². The van der Waals surface area contributed by atoms with E-state index in [-0.39, 0.29) is 40.1 Å². The number of hydrogen-bond acceptors (Lipinski definition) is 1. The molecule has 1 N–H and O–H groups in total. The van der Waals surface area contributed by atoms with Crippen LogP contribution in [0.5, 0.6) is 0 Å². The van der Waals surface area contributed by atoms with E-state index in [1.807, 2.05) is 16.8 Å². The van der Waals surface area contributed by atoms with Gasteiger partial charge in [-0.05, 0) is 6.07 Å². The maximum atomic E-state index is 8.56. The van der Waals surface area contributed by atoms with Gasteiger partial charge < -0.3 is 16.8 Å². The number of nitrogens with zero attached hydrogens (tertiary/aromatic N) is 2. The molecule has 0 spiro atoms. The van der Waals surface area contributed by atoms with Crippen molar-refractivity contribution in [2.75, 3.05) is 0 Å². The molecule has 0 unspecified atom stereocenters. The molecule has 0 fully saturated rings. The summed E-state index contributed by atoms with van der Waals surface area (Å²) in [7, 11) is 0. The Kier molecular flexibility index (Phi) is 4.23. The average molecular weight is 235 g/mol. The zero-order valence-corrected chi connectivity index (χ0v) is 9.62. The van der Waals surface area contributed by atoms with Crippen molar-refractivity contribution in [2.45, 2.75) is 0 Å². The van der Waals surface area contributed by atoms with Crippen LogP contribution < -0.4 is 0 Å². The molecule has 12 heavy (non-hydrogen) atoms. The molecule has 0 aliphatic carbocycles. The fourth-order valence-electron chi connectivity index (χ4n) is 1.01. The van der Waals surface area contributed by atoms with E-state index in [2.05, 4.69) is 11.1 Å². The fraction of sp³-hybridized carbons (Fsp3) is 0. The molecule has 1 radical (unpaired) electrons. The second kappa shape index (κ2) is 4.44. The van der Waals surface area contributed by atoms with Gasteiger partial charge >= 0.3 is 0 Å². The molecule has 0 aliphatic rings. The van der Waals surface area contributed by atoms with Gasteiger partial charge in [0, 0.05) is 51.3 Å². The van der Waals surface area contributed by atoms with Crippen LogP contribution in [0.15, 0.2) is 24.7 Å². The van der Waals surface area contributed by atoms with Crippen LogP contribution in [-0.4, -0.2) is 9.38 Å². The van der Waals surface area contributed by atoms with E-state index in [9.17, 15) is 0 Å². The first-order valence-corrected chi connectivity index (χ1v) is 2.96. The molecule has 0 saturated carbocycles. The zero-order valence-electron chi connectivity index (χ0n) is 6.78. The van der Waals surface area contributed by atoms with Crippen molar-refractivity contribution >= 4 is 5.65 Å². The van der Waals surface area contributed by atoms with Gasteiger partial charge in [-0.15, -0.1) is 0 Å². The molecule has 0 saturated heterocycles. The van der Waals surface area contributed by atoms with Crippen LogP contribution >= 0.6 is 0 Å². The Bertz CT molecular complexity index is 394. The number of nitrogens with one attached hydrogen (secondary N) is 1. The van der Waals surface area contributed by atoms with Gasteiger partial charge in [0.25, 0.3) is 0 Å². The van der Waals surface area contributed by atoms with Crippen molar-refractivity contribution in [1.29, 1.82) is 5.26 Å². The van der Waals surface area contributed by atoms with E-state index in [1.165, 1.54) is 0 Å². The van der Waals surface area contributed by atoms with E-state index < -0.39 is 0 Å². The smallest absolute Gasteiger partial charge is 0.132 e. The molecule has 2 rings (SSSR count). The van der Waals surface area contributed by atoms with Crippen LogP contribution in [0, 0.1) is 18.8 Å². The van der Waals surface area contributed by atoms with Gasteiger partial charge in [0.15, 0.2) is 0 Å². The summed E-state index contributed by atoms with van der Waals surface area (Å²) >= 11 is 0. The third-order valence-corrected chi connectivity index (χ3v) is 1.49. The topological polar surface area (TPSA) is 44.0 Å². The third-order valence-electron chi connectivity index (χ3n) is 1.49. The van der Waals surface area contributed by atoms with Gasteiger partial charge in [0.2, 0.25) is 0 Å². The molecule has 2 aromatic rings. The van der Waals surface area contributed by atoms with Gasteiger partial charge in [-0.25, -0.2) is 0 Å². The molecular formula is C8H8N3Y-. The number of aromatic amines is 1. The molecule has 0 bridgehead atoms. The van der Waals surface area contributed by atoms with Crippen LogP contribution in [-0.2, 0) is 32.7 Å². The molecule has 4 heteroatoms. The second-order valence-corrected chi connectivity index (χ2v) is 2.06. The van der Waals surface area contributed by atoms with Crippen molar-refractivity contribution < 1.29 is 32.7 Å². The fourth-order valence-corrected chi connectivity index (χ4v) is 1.01. The summed E-state index contributed by atoms with van der Waals surface area (Å²) in [5.74, 6) is 0. The molecule has 0 atom stereocenters. The van der Waals surface area contributed by atoms with Gasteiger partial charge in [-0.1, -0.05) is 0 Å². The maximum Gasteiger partial charge on any atom is 0.132 e. The summed E-state index contributed by atoms with van der Waals surface area (Å²) in [5.41, 5.74) is 1.55. The van der Waals surface area contributed by atoms with Crippen LogP contribution in [0.25, 0.3) is 5.65 Å². The summed E-state index contributed by atoms with van der Waals surface area (Å²) in [4.78, 5) is 2.96. The Morgan fingerprint density at radius 2 is 2.17 bits per heavy atom. The number of fused-ring (bicyclic) bond motifs is 1. The standard InChI is InChI=1S/C7H5N3.CH3.Y/c8-5-6-1-3-10-4-2-9-7(6)10;;/h1-4,9H;1H3;/q;-1;. The first kappa shape index (κ1) is 11.4. The number of imidazole rings is 1. The first-order valence-electron chi connectivity index (χ1n) is 2.96. The Balaban J connectivity index is 0.000000605. The number of aromatic nitrogens is 2. The third kappa shape index (κ3) is 1.60. The molecule has 0 aliphatic heterocycles. The zero-order chi connectivity index (χ0) is 6.97. The van der Waals surface area contributed by atoms with E-state index in [1.54, 1.807) is 12.3 Å². The van der Waals surface area contributed by atoms with Crippen molar-refractivity contribution in [3.8, 4) is 6.07 Å². The Hall–Kier alpha value is -0.586. The molecule has 0 aromatic carbocycles. The molecule has 0 amide bonds. The second-order valence-electron chi connectivity index (χ2n) is 2.06. The summed E-state index contributed by atoms with van der Waals surface area (Å²) in [5, 5.41) is 8.56.